The number of rotatable bonds is 2. The van der Waals surface area contributed by atoms with E-state index in [2.05, 4.69) is 35.8 Å². The Labute approximate surface area is 158 Å². The topological polar surface area (TPSA) is 50.5 Å². The molecule has 3 heterocycles. The molecule has 1 saturated heterocycles. The van der Waals surface area contributed by atoms with Crippen LogP contribution in [0.4, 0.5) is 5.82 Å². The normalized spacial score (nSPS) is 20.6. The Hall–Kier alpha value is -1.85. The molecule has 0 bridgehead atoms. The zero-order valence-corrected chi connectivity index (χ0v) is 17.0. The van der Waals surface area contributed by atoms with E-state index >= 15 is 0 Å². The van der Waals surface area contributed by atoms with Crippen molar-refractivity contribution in [2.24, 2.45) is 11.3 Å². The van der Waals surface area contributed by atoms with E-state index in [0.29, 0.717) is 11.4 Å². The maximum Gasteiger partial charge on any atom is 0.156 e. The average Bonchev–Trinajstić information content (AvgIpc) is 2.96. The molecule has 2 aromatic rings. The highest BCUT2D eigenvalue weighted by atomic mass is 16.1. The largest absolute Gasteiger partial charge is 0.352 e. The van der Waals surface area contributed by atoms with Crippen molar-refractivity contribution in [1.29, 1.82) is 0 Å². The third kappa shape index (κ3) is 4.28. The molecule has 2 radical (unpaired) electrons. The van der Waals surface area contributed by atoms with Crippen LogP contribution in [0.1, 0.15) is 60.8 Å². The molecule has 1 fully saturated rings. The van der Waals surface area contributed by atoms with E-state index in [1.807, 2.05) is 32.9 Å². The van der Waals surface area contributed by atoms with Crippen LogP contribution in [-0.2, 0) is 4.79 Å². The van der Waals surface area contributed by atoms with Crippen LogP contribution in [0.2, 0.25) is 0 Å². The summed E-state index contributed by atoms with van der Waals surface area (Å²) in [7, 11) is 5.93. The number of piperidine rings is 1. The van der Waals surface area contributed by atoms with E-state index in [4.69, 9.17) is 7.85 Å². The van der Waals surface area contributed by atoms with Crippen molar-refractivity contribution >= 4 is 30.6 Å². The lowest BCUT2D eigenvalue weighted by atomic mass is 9.77. The lowest BCUT2D eigenvalue weighted by Crippen LogP contribution is -2.45. The van der Waals surface area contributed by atoms with Crippen molar-refractivity contribution in [1.82, 2.24) is 14.6 Å². The number of Topliss-reactive ketones (excluding diaryl/α,β-unsaturated/α-hetero) is 1. The van der Waals surface area contributed by atoms with Crippen molar-refractivity contribution in [2.75, 3.05) is 11.4 Å². The second kappa shape index (κ2) is 8.23. The third-order valence-corrected chi connectivity index (χ3v) is 4.72. The second-order valence-electron chi connectivity index (χ2n) is 8.22. The second-order valence-corrected chi connectivity index (χ2v) is 8.22. The summed E-state index contributed by atoms with van der Waals surface area (Å²) < 4.78 is 1.71. The first-order chi connectivity index (χ1) is 12.2. The number of nitrogens with zero attached hydrogens (tertiary/aromatic N) is 4. The number of ketones is 1. The average molecular weight is 354 g/mol. The van der Waals surface area contributed by atoms with Gasteiger partial charge in [-0.1, -0.05) is 41.0 Å². The quantitative estimate of drug-likeness (QED) is 0.778. The van der Waals surface area contributed by atoms with E-state index in [-0.39, 0.29) is 17.4 Å². The van der Waals surface area contributed by atoms with Gasteiger partial charge >= 0.3 is 0 Å². The summed E-state index contributed by atoms with van der Waals surface area (Å²) in [4.78, 5) is 19.3. The van der Waals surface area contributed by atoms with Gasteiger partial charge in [0.05, 0.1) is 0 Å². The summed E-state index contributed by atoms with van der Waals surface area (Å²) in [6, 6.07) is 4.05. The Balaban J connectivity index is 0.000000758. The van der Waals surface area contributed by atoms with Gasteiger partial charge in [-0.2, -0.15) is 5.10 Å². The first-order valence-electron chi connectivity index (χ1n) is 9.59. The fraction of sp³-hybridized carbons (Fsp3) is 0.650. The summed E-state index contributed by atoms with van der Waals surface area (Å²) in [6.45, 7) is 13.2. The molecule has 0 unspecified atom stereocenters. The van der Waals surface area contributed by atoms with Gasteiger partial charge in [0.25, 0.3) is 0 Å². The minimum atomic E-state index is -0.273. The molecule has 3 rings (SSSR count). The van der Waals surface area contributed by atoms with Gasteiger partial charge < -0.3 is 4.90 Å². The Morgan fingerprint density at radius 2 is 1.96 bits per heavy atom. The van der Waals surface area contributed by atoms with Crippen LogP contribution in [0.3, 0.4) is 0 Å². The molecule has 1 aliphatic rings. The van der Waals surface area contributed by atoms with Gasteiger partial charge in [0.1, 0.15) is 25.5 Å². The van der Waals surface area contributed by atoms with E-state index in [1.54, 1.807) is 4.52 Å². The lowest BCUT2D eigenvalue weighted by Gasteiger charge is -2.39. The molecule has 0 aliphatic carbocycles. The maximum absolute atomic E-state index is 12.6. The highest BCUT2D eigenvalue weighted by Gasteiger charge is 2.35. The smallest absolute Gasteiger partial charge is 0.156 e. The fourth-order valence-corrected chi connectivity index (χ4v) is 3.50. The van der Waals surface area contributed by atoms with Crippen LogP contribution in [-0.4, -0.2) is 40.8 Å². The van der Waals surface area contributed by atoms with Crippen molar-refractivity contribution in [3.05, 3.63) is 18.5 Å². The zero-order valence-electron chi connectivity index (χ0n) is 17.0. The number of hydrogen-bond donors (Lipinski definition) is 0. The first kappa shape index (κ1) is 20.5. The monoisotopic (exact) mass is 354 g/mol. The standard InChI is InChI=1S/C17H23BN4O.C3H8/c1-11-9-12(15(23)17(2,3)4)7-8-21(11)16-13-5-6-14(18)22(13)20-10-19-16;1-3-2/h5-6,10-12H,7-9H2,1-4H3;3H2,1-2H3/t11-,12-;/m0./s1. The number of hydrogen-bond acceptors (Lipinski definition) is 4. The van der Waals surface area contributed by atoms with Crippen LogP contribution in [0.25, 0.3) is 5.52 Å². The van der Waals surface area contributed by atoms with E-state index in [0.717, 1.165) is 30.7 Å². The highest BCUT2D eigenvalue weighted by molar-refractivity contribution is 6.31. The minimum absolute atomic E-state index is 0.135. The minimum Gasteiger partial charge on any atom is -0.352 e. The SMILES string of the molecule is CCC.[B]c1ccc2c(N3CC[C@H](C(=O)C(C)(C)C)C[C@@H]3C)ncnn12. The zero-order chi connectivity index (χ0) is 19.5. The number of fused-ring (bicyclic) bond motifs is 1. The molecule has 0 aromatic carbocycles. The van der Waals surface area contributed by atoms with Crippen LogP contribution >= 0.6 is 0 Å². The first-order valence-corrected chi connectivity index (χ1v) is 9.59. The van der Waals surface area contributed by atoms with Crippen molar-refractivity contribution in [3.63, 3.8) is 0 Å². The van der Waals surface area contributed by atoms with E-state index in [1.165, 1.54) is 12.7 Å². The summed E-state index contributed by atoms with van der Waals surface area (Å²) >= 11 is 0. The number of carbonyl (C=O) groups is 1. The molecule has 2 atom stereocenters. The third-order valence-electron chi connectivity index (χ3n) is 4.72. The van der Waals surface area contributed by atoms with Crippen LogP contribution in [0.15, 0.2) is 18.5 Å². The number of anilines is 1. The molecule has 5 nitrogen and oxygen atoms in total. The predicted molar refractivity (Wildman–Crippen MR) is 108 cm³/mol. The van der Waals surface area contributed by atoms with Crippen LogP contribution in [0.5, 0.6) is 0 Å². The summed E-state index contributed by atoms with van der Waals surface area (Å²) in [5.41, 5.74) is 1.25. The molecule has 6 heteroatoms. The highest BCUT2D eigenvalue weighted by Crippen LogP contribution is 2.33. The van der Waals surface area contributed by atoms with Crippen molar-refractivity contribution in [3.8, 4) is 0 Å². The van der Waals surface area contributed by atoms with Crippen LogP contribution < -0.4 is 10.5 Å². The Kier molecular flexibility index (Phi) is 6.48. The number of carbonyl (C=O) groups excluding carboxylic acids is 1. The van der Waals surface area contributed by atoms with Gasteiger partial charge in [-0.15, -0.1) is 0 Å². The molecule has 0 amide bonds. The summed E-state index contributed by atoms with van der Waals surface area (Å²) in [5.74, 6) is 1.39. The van der Waals surface area contributed by atoms with Gasteiger partial charge in [0, 0.05) is 23.9 Å². The Morgan fingerprint density at radius 3 is 2.54 bits per heavy atom. The molecular formula is C20H31BN4O. The Morgan fingerprint density at radius 1 is 1.31 bits per heavy atom. The lowest BCUT2D eigenvalue weighted by molar-refractivity contribution is -0.131. The van der Waals surface area contributed by atoms with Gasteiger partial charge in [0.2, 0.25) is 0 Å². The number of aromatic nitrogens is 3. The fourth-order valence-electron chi connectivity index (χ4n) is 3.50. The Bertz CT molecular complexity index is 750. The summed E-state index contributed by atoms with van der Waals surface area (Å²) in [5, 5.41) is 4.20. The predicted octanol–water partition coefficient (Wildman–Crippen LogP) is 3.16. The molecular weight excluding hydrogens is 323 g/mol. The van der Waals surface area contributed by atoms with E-state index in [9.17, 15) is 4.79 Å². The molecule has 0 N–H and O–H groups in total. The maximum atomic E-state index is 12.6. The molecule has 0 spiro atoms. The molecule has 0 saturated carbocycles. The summed E-state index contributed by atoms with van der Waals surface area (Å²) in [6.07, 6.45) is 4.52. The molecule has 2 aromatic heterocycles. The van der Waals surface area contributed by atoms with Crippen LogP contribution in [0, 0.1) is 11.3 Å². The van der Waals surface area contributed by atoms with Gasteiger partial charge in [-0.05, 0) is 37.5 Å². The van der Waals surface area contributed by atoms with Crippen molar-refractivity contribution < 1.29 is 4.79 Å². The van der Waals surface area contributed by atoms with Gasteiger partial charge in [-0.25, -0.2) is 9.50 Å². The van der Waals surface area contributed by atoms with Gasteiger partial charge in [0.15, 0.2) is 5.82 Å². The van der Waals surface area contributed by atoms with Crippen molar-refractivity contribution in [2.45, 2.75) is 66.8 Å². The van der Waals surface area contributed by atoms with E-state index < -0.39 is 0 Å². The molecule has 26 heavy (non-hydrogen) atoms. The molecule has 1 aliphatic heterocycles. The van der Waals surface area contributed by atoms with Gasteiger partial charge in [-0.3, -0.25) is 4.79 Å². The molecule has 140 valence electrons.